The van der Waals surface area contributed by atoms with Crippen LogP contribution in [0.1, 0.15) is 39.2 Å². The molecule has 0 radical (unpaired) electrons. The molecule has 0 N–H and O–H groups in total. The van der Waals surface area contributed by atoms with Crippen molar-refractivity contribution in [2.75, 3.05) is 13.7 Å². The number of hydrogen-bond acceptors (Lipinski definition) is 5. The topological polar surface area (TPSA) is 79.6 Å². The van der Waals surface area contributed by atoms with Crippen LogP contribution in [0.2, 0.25) is 0 Å². The molecule has 1 heterocycles. The molecule has 2 fully saturated rings. The lowest BCUT2D eigenvalue weighted by Crippen LogP contribution is -2.42. The lowest BCUT2D eigenvalue weighted by atomic mass is 9.74. The molecule has 0 spiro atoms. The van der Waals surface area contributed by atoms with E-state index < -0.39 is 22.9 Å². The summed E-state index contributed by atoms with van der Waals surface area (Å²) in [6.07, 6.45) is 1.60. The molecule has 1 saturated carbocycles. The van der Waals surface area contributed by atoms with E-state index in [1.54, 1.807) is 32.8 Å². The molecule has 1 aromatic rings. The minimum absolute atomic E-state index is 0.0617. The standard InChI is InChI=1S/C21H26N2O4/c1-20(2,3)27-18(24)17-12-23(11-14-5-9-16(26-4)10-6-14)19(25)21(17,13-22)15-7-8-15/h5-6,9-10,15,17H,7-8,11-12H2,1-4H3/t17-,21-/m1/s1. The van der Waals surface area contributed by atoms with E-state index >= 15 is 0 Å². The number of esters is 1. The Labute approximate surface area is 160 Å². The first kappa shape index (κ1) is 19.2. The summed E-state index contributed by atoms with van der Waals surface area (Å²) >= 11 is 0. The minimum atomic E-state index is -1.30. The maximum atomic E-state index is 13.2. The van der Waals surface area contributed by atoms with Crippen molar-refractivity contribution in [2.45, 2.75) is 45.8 Å². The second kappa shape index (κ2) is 6.88. The molecule has 1 saturated heterocycles. The number of carbonyl (C=O) groups is 2. The number of rotatable bonds is 5. The molecular weight excluding hydrogens is 344 g/mol. The fraction of sp³-hybridized carbons (Fsp3) is 0.571. The van der Waals surface area contributed by atoms with Crippen molar-refractivity contribution in [3.05, 3.63) is 29.8 Å². The number of hydrogen-bond donors (Lipinski definition) is 0. The Morgan fingerprint density at radius 1 is 1.30 bits per heavy atom. The second-order valence-electron chi connectivity index (χ2n) is 8.37. The normalized spacial score (nSPS) is 25.2. The zero-order valence-electron chi connectivity index (χ0n) is 16.3. The van der Waals surface area contributed by atoms with Gasteiger partial charge in [0.2, 0.25) is 5.91 Å². The molecule has 2 aliphatic rings. The Morgan fingerprint density at radius 3 is 2.41 bits per heavy atom. The monoisotopic (exact) mass is 370 g/mol. The summed E-state index contributed by atoms with van der Waals surface area (Å²) in [5, 5.41) is 9.95. The van der Waals surface area contributed by atoms with Crippen LogP contribution in [0.3, 0.4) is 0 Å². The van der Waals surface area contributed by atoms with Crippen LogP contribution in [0.4, 0.5) is 0 Å². The van der Waals surface area contributed by atoms with Crippen molar-refractivity contribution in [1.29, 1.82) is 5.26 Å². The minimum Gasteiger partial charge on any atom is -0.497 e. The van der Waals surface area contributed by atoms with Crippen molar-refractivity contribution < 1.29 is 19.1 Å². The molecular formula is C21H26N2O4. The Morgan fingerprint density at radius 2 is 1.93 bits per heavy atom. The van der Waals surface area contributed by atoms with Crippen LogP contribution in [0.25, 0.3) is 0 Å². The summed E-state index contributed by atoms with van der Waals surface area (Å²) in [6.45, 7) is 5.95. The average Bonchev–Trinajstić information content (AvgIpc) is 3.41. The van der Waals surface area contributed by atoms with Crippen LogP contribution >= 0.6 is 0 Å². The Kier molecular flexibility index (Phi) is 4.90. The smallest absolute Gasteiger partial charge is 0.313 e. The van der Waals surface area contributed by atoms with E-state index in [4.69, 9.17) is 9.47 Å². The van der Waals surface area contributed by atoms with Crippen LogP contribution in [-0.4, -0.2) is 36.0 Å². The van der Waals surface area contributed by atoms with Gasteiger partial charge < -0.3 is 14.4 Å². The van der Waals surface area contributed by atoms with Gasteiger partial charge in [0, 0.05) is 13.1 Å². The van der Waals surface area contributed by atoms with Crippen LogP contribution < -0.4 is 4.74 Å². The van der Waals surface area contributed by atoms with Crippen molar-refractivity contribution in [3.63, 3.8) is 0 Å². The average molecular weight is 370 g/mol. The lowest BCUT2D eigenvalue weighted by molar-refractivity contribution is -0.163. The van der Waals surface area contributed by atoms with E-state index in [1.807, 2.05) is 24.3 Å². The number of methoxy groups -OCH3 is 1. The summed E-state index contributed by atoms with van der Waals surface area (Å²) in [6, 6.07) is 9.67. The highest BCUT2D eigenvalue weighted by Crippen LogP contribution is 2.54. The summed E-state index contributed by atoms with van der Waals surface area (Å²) in [5.41, 5.74) is -1.03. The highest BCUT2D eigenvalue weighted by molar-refractivity contribution is 5.95. The van der Waals surface area contributed by atoms with Gasteiger partial charge in [0.05, 0.1) is 13.2 Å². The van der Waals surface area contributed by atoms with E-state index in [0.717, 1.165) is 24.2 Å². The largest absolute Gasteiger partial charge is 0.497 e. The Bertz CT molecular complexity index is 771. The third kappa shape index (κ3) is 3.64. The van der Waals surface area contributed by atoms with Crippen molar-refractivity contribution in [1.82, 2.24) is 4.90 Å². The molecule has 27 heavy (non-hydrogen) atoms. The van der Waals surface area contributed by atoms with Crippen molar-refractivity contribution in [2.24, 2.45) is 17.3 Å². The van der Waals surface area contributed by atoms with Crippen LogP contribution in [0, 0.1) is 28.6 Å². The van der Waals surface area contributed by atoms with E-state index in [2.05, 4.69) is 6.07 Å². The molecule has 0 aromatic heterocycles. The third-order valence-electron chi connectivity index (χ3n) is 5.22. The first-order valence-electron chi connectivity index (χ1n) is 9.27. The summed E-state index contributed by atoms with van der Waals surface area (Å²) in [5.74, 6) is -0.781. The molecule has 144 valence electrons. The molecule has 0 unspecified atom stereocenters. The van der Waals surface area contributed by atoms with E-state index in [9.17, 15) is 14.9 Å². The molecule has 6 heteroatoms. The Hall–Kier alpha value is -2.55. The highest BCUT2D eigenvalue weighted by atomic mass is 16.6. The molecule has 1 aromatic carbocycles. The molecule has 1 amide bonds. The maximum Gasteiger partial charge on any atom is 0.313 e. The van der Waals surface area contributed by atoms with Gasteiger partial charge >= 0.3 is 5.97 Å². The molecule has 1 aliphatic carbocycles. The zero-order valence-corrected chi connectivity index (χ0v) is 16.3. The van der Waals surface area contributed by atoms with Gasteiger partial charge in [-0.1, -0.05) is 12.1 Å². The van der Waals surface area contributed by atoms with Crippen LogP contribution in [-0.2, 0) is 20.9 Å². The fourth-order valence-corrected chi connectivity index (χ4v) is 3.79. The fourth-order valence-electron chi connectivity index (χ4n) is 3.79. The van der Waals surface area contributed by atoms with E-state index in [1.165, 1.54) is 0 Å². The number of nitrogens with zero attached hydrogens (tertiary/aromatic N) is 2. The zero-order chi connectivity index (χ0) is 19.8. The van der Waals surface area contributed by atoms with Gasteiger partial charge in [-0.15, -0.1) is 0 Å². The van der Waals surface area contributed by atoms with Gasteiger partial charge in [0.1, 0.15) is 17.3 Å². The molecule has 6 nitrogen and oxygen atoms in total. The predicted octanol–water partition coefficient (Wildman–Crippen LogP) is 2.92. The van der Waals surface area contributed by atoms with Gasteiger partial charge in [0.15, 0.2) is 5.41 Å². The van der Waals surface area contributed by atoms with Gasteiger partial charge in [-0.2, -0.15) is 5.26 Å². The summed E-state index contributed by atoms with van der Waals surface area (Å²) in [7, 11) is 1.60. The molecule has 0 bridgehead atoms. The van der Waals surface area contributed by atoms with Crippen LogP contribution in [0.5, 0.6) is 5.75 Å². The van der Waals surface area contributed by atoms with Crippen molar-refractivity contribution >= 4 is 11.9 Å². The van der Waals surface area contributed by atoms with Gasteiger partial charge in [-0.25, -0.2) is 0 Å². The number of carbonyl (C=O) groups excluding carboxylic acids is 2. The highest BCUT2D eigenvalue weighted by Gasteiger charge is 2.65. The lowest BCUT2D eigenvalue weighted by Gasteiger charge is -2.27. The van der Waals surface area contributed by atoms with Gasteiger partial charge in [-0.05, 0) is 57.2 Å². The van der Waals surface area contributed by atoms with Gasteiger partial charge in [0.25, 0.3) is 0 Å². The number of amides is 1. The molecule has 2 atom stereocenters. The number of ether oxygens (including phenoxy) is 2. The first-order chi connectivity index (χ1) is 12.7. The third-order valence-corrected chi connectivity index (χ3v) is 5.22. The predicted molar refractivity (Wildman–Crippen MR) is 98.5 cm³/mol. The second-order valence-corrected chi connectivity index (χ2v) is 8.37. The molecule has 3 rings (SSSR count). The number of benzene rings is 1. The van der Waals surface area contributed by atoms with Crippen molar-refractivity contribution in [3.8, 4) is 11.8 Å². The number of likely N-dealkylation sites (tertiary alicyclic amines) is 1. The SMILES string of the molecule is COc1ccc(CN2C[C@H](C(=O)OC(C)(C)C)[C@@](C#N)(C3CC3)C2=O)cc1. The van der Waals surface area contributed by atoms with Crippen LogP contribution in [0.15, 0.2) is 24.3 Å². The maximum absolute atomic E-state index is 13.2. The Balaban J connectivity index is 1.86. The van der Waals surface area contributed by atoms with Gasteiger partial charge in [-0.3, -0.25) is 9.59 Å². The number of nitriles is 1. The first-order valence-corrected chi connectivity index (χ1v) is 9.27. The quantitative estimate of drug-likeness (QED) is 0.745. The summed E-state index contributed by atoms with van der Waals surface area (Å²) < 4.78 is 10.7. The van der Waals surface area contributed by atoms with E-state index in [-0.39, 0.29) is 18.4 Å². The van der Waals surface area contributed by atoms with E-state index in [0.29, 0.717) is 6.54 Å². The molecule has 1 aliphatic heterocycles. The summed E-state index contributed by atoms with van der Waals surface area (Å²) in [4.78, 5) is 27.7.